The topological polar surface area (TPSA) is 58.4 Å². The molecule has 0 aliphatic carbocycles. The molecule has 0 bridgehead atoms. The number of nitro benzene ring substituents is 1. The lowest BCUT2D eigenvalue weighted by Gasteiger charge is -2.29. The van der Waals surface area contributed by atoms with Gasteiger partial charge in [-0.1, -0.05) is 24.3 Å². The molecule has 0 saturated carbocycles. The van der Waals surface area contributed by atoms with E-state index >= 15 is 0 Å². The second-order valence-corrected chi connectivity index (χ2v) is 5.50. The van der Waals surface area contributed by atoms with E-state index in [1.54, 1.807) is 12.1 Å². The zero-order chi connectivity index (χ0) is 15.4. The fourth-order valence-corrected chi connectivity index (χ4v) is 2.72. The van der Waals surface area contributed by atoms with E-state index in [9.17, 15) is 10.1 Å². The van der Waals surface area contributed by atoms with Crippen LogP contribution in [-0.4, -0.2) is 31.1 Å². The van der Waals surface area contributed by atoms with E-state index in [0.717, 1.165) is 38.2 Å². The number of hydrogen-bond donors (Lipinski definition) is 1. The van der Waals surface area contributed by atoms with E-state index < -0.39 is 0 Å². The van der Waals surface area contributed by atoms with Crippen LogP contribution in [0.15, 0.2) is 48.5 Å². The Labute approximate surface area is 129 Å². The summed E-state index contributed by atoms with van der Waals surface area (Å²) in [7, 11) is 0. The van der Waals surface area contributed by atoms with Crippen LogP contribution in [0.5, 0.6) is 0 Å². The highest BCUT2D eigenvalue weighted by atomic mass is 16.6. The van der Waals surface area contributed by atoms with Crippen molar-refractivity contribution < 1.29 is 4.92 Å². The second kappa shape index (κ2) is 6.58. The molecule has 0 atom stereocenters. The number of anilines is 1. The van der Waals surface area contributed by atoms with Crippen molar-refractivity contribution in [2.45, 2.75) is 6.42 Å². The third-order valence-corrected chi connectivity index (χ3v) is 3.97. The highest BCUT2D eigenvalue weighted by Gasteiger charge is 2.10. The van der Waals surface area contributed by atoms with E-state index in [1.807, 2.05) is 12.1 Å². The van der Waals surface area contributed by atoms with E-state index in [-0.39, 0.29) is 10.6 Å². The van der Waals surface area contributed by atoms with Crippen LogP contribution in [0.25, 0.3) is 0 Å². The maximum atomic E-state index is 10.7. The SMILES string of the molecule is O=[N+]([O-])c1ccc(Cc2ccc(N3CCNCC3)cc2)cc1. The van der Waals surface area contributed by atoms with E-state index in [4.69, 9.17) is 0 Å². The first-order valence-electron chi connectivity index (χ1n) is 7.50. The average Bonchev–Trinajstić information content (AvgIpc) is 2.57. The Morgan fingerprint density at radius 2 is 1.50 bits per heavy atom. The standard InChI is InChI=1S/C17H19N3O2/c21-20(22)17-7-3-15(4-8-17)13-14-1-5-16(6-2-14)19-11-9-18-10-12-19/h1-8,18H,9-13H2. The number of rotatable bonds is 4. The molecule has 2 aromatic rings. The summed E-state index contributed by atoms with van der Waals surface area (Å²) < 4.78 is 0. The van der Waals surface area contributed by atoms with Crippen molar-refractivity contribution in [2.24, 2.45) is 0 Å². The molecule has 22 heavy (non-hydrogen) atoms. The summed E-state index contributed by atoms with van der Waals surface area (Å²) in [5.41, 5.74) is 3.69. The summed E-state index contributed by atoms with van der Waals surface area (Å²) >= 11 is 0. The van der Waals surface area contributed by atoms with Crippen LogP contribution < -0.4 is 10.2 Å². The molecule has 3 rings (SSSR count). The lowest BCUT2D eigenvalue weighted by molar-refractivity contribution is -0.384. The number of hydrogen-bond acceptors (Lipinski definition) is 4. The van der Waals surface area contributed by atoms with Crippen LogP contribution in [0.4, 0.5) is 11.4 Å². The van der Waals surface area contributed by atoms with Crippen molar-refractivity contribution in [3.8, 4) is 0 Å². The van der Waals surface area contributed by atoms with Crippen molar-refractivity contribution in [1.29, 1.82) is 0 Å². The highest BCUT2D eigenvalue weighted by Crippen LogP contribution is 2.19. The third-order valence-electron chi connectivity index (χ3n) is 3.97. The predicted octanol–water partition coefficient (Wildman–Crippen LogP) is 2.60. The quantitative estimate of drug-likeness (QED) is 0.696. The smallest absolute Gasteiger partial charge is 0.269 e. The molecule has 5 heteroatoms. The van der Waals surface area contributed by atoms with Gasteiger partial charge in [0.2, 0.25) is 0 Å². The minimum absolute atomic E-state index is 0.137. The van der Waals surface area contributed by atoms with Gasteiger partial charge in [0.15, 0.2) is 0 Å². The number of non-ortho nitro benzene ring substituents is 1. The zero-order valence-electron chi connectivity index (χ0n) is 12.4. The molecule has 1 fully saturated rings. The van der Waals surface area contributed by atoms with Gasteiger partial charge < -0.3 is 10.2 Å². The van der Waals surface area contributed by atoms with Crippen molar-refractivity contribution in [3.05, 3.63) is 69.8 Å². The molecular formula is C17H19N3O2. The summed E-state index contributed by atoms with van der Waals surface area (Å²) in [5.74, 6) is 0. The average molecular weight is 297 g/mol. The lowest BCUT2D eigenvalue weighted by atomic mass is 10.0. The fourth-order valence-electron chi connectivity index (χ4n) is 2.72. The minimum atomic E-state index is -0.369. The van der Waals surface area contributed by atoms with Crippen LogP contribution in [0, 0.1) is 10.1 Å². The van der Waals surface area contributed by atoms with Gasteiger partial charge in [0.1, 0.15) is 0 Å². The Morgan fingerprint density at radius 1 is 0.955 bits per heavy atom. The maximum absolute atomic E-state index is 10.7. The molecule has 1 saturated heterocycles. The first-order valence-corrected chi connectivity index (χ1v) is 7.50. The fraction of sp³-hybridized carbons (Fsp3) is 0.294. The maximum Gasteiger partial charge on any atom is 0.269 e. The Bertz CT molecular complexity index is 632. The molecule has 5 nitrogen and oxygen atoms in total. The van der Waals surface area contributed by atoms with Crippen LogP contribution in [0.3, 0.4) is 0 Å². The zero-order valence-corrected chi connectivity index (χ0v) is 12.4. The Kier molecular flexibility index (Phi) is 4.34. The van der Waals surface area contributed by atoms with Crippen molar-refractivity contribution in [1.82, 2.24) is 5.32 Å². The van der Waals surface area contributed by atoms with Crippen LogP contribution in [-0.2, 0) is 6.42 Å². The number of nitrogens with zero attached hydrogens (tertiary/aromatic N) is 2. The summed E-state index contributed by atoms with van der Waals surface area (Å²) in [5, 5.41) is 14.0. The monoisotopic (exact) mass is 297 g/mol. The molecule has 114 valence electrons. The molecule has 1 N–H and O–H groups in total. The lowest BCUT2D eigenvalue weighted by Crippen LogP contribution is -2.43. The summed E-state index contributed by atoms with van der Waals surface area (Å²) in [6.45, 7) is 4.15. The van der Waals surface area contributed by atoms with Crippen LogP contribution >= 0.6 is 0 Å². The van der Waals surface area contributed by atoms with Crippen molar-refractivity contribution >= 4 is 11.4 Å². The number of nitro groups is 1. The van der Waals surface area contributed by atoms with Gasteiger partial charge in [-0.2, -0.15) is 0 Å². The highest BCUT2D eigenvalue weighted by molar-refractivity contribution is 5.48. The Morgan fingerprint density at radius 3 is 2.05 bits per heavy atom. The first kappa shape index (κ1) is 14.5. The number of benzene rings is 2. The van der Waals surface area contributed by atoms with Gasteiger partial charge in [-0.3, -0.25) is 10.1 Å². The normalized spacial score (nSPS) is 14.8. The number of piperazine rings is 1. The van der Waals surface area contributed by atoms with Crippen molar-refractivity contribution in [2.75, 3.05) is 31.1 Å². The van der Waals surface area contributed by atoms with Gasteiger partial charge in [-0.15, -0.1) is 0 Å². The minimum Gasteiger partial charge on any atom is -0.369 e. The van der Waals surface area contributed by atoms with E-state index in [0.29, 0.717) is 0 Å². The van der Waals surface area contributed by atoms with Gasteiger partial charge in [0.05, 0.1) is 4.92 Å². The molecular weight excluding hydrogens is 278 g/mol. The van der Waals surface area contributed by atoms with E-state index in [1.165, 1.54) is 11.3 Å². The summed E-state index contributed by atoms with van der Waals surface area (Å²) in [6.07, 6.45) is 0.791. The molecule has 0 spiro atoms. The molecule has 1 aliphatic rings. The third kappa shape index (κ3) is 3.43. The summed E-state index contributed by atoms with van der Waals surface area (Å²) in [6, 6.07) is 15.4. The first-order chi connectivity index (χ1) is 10.7. The van der Waals surface area contributed by atoms with E-state index in [2.05, 4.69) is 34.5 Å². The summed E-state index contributed by atoms with van der Waals surface area (Å²) in [4.78, 5) is 12.7. The van der Waals surface area contributed by atoms with Crippen LogP contribution in [0.1, 0.15) is 11.1 Å². The van der Waals surface area contributed by atoms with Gasteiger partial charge in [-0.05, 0) is 29.7 Å². The van der Waals surface area contributed by atoms with Gasteiger partial charge in [-0.25, -0.2) is 0 Å². The van der Waals surface area contributed by atoms with Gasteiger partial charge in [0, 0.05) is 44.0 Å². The molecule has 1 heterocycles. The van der Waals surface area contributed by atoms with Crippen LogP contribution in [0.2, 0.25) is 0 Å². The molecule has 0 aromatic heterocycles. The van der Waals surface area contributed by atoms with Gasteiger partial charge >= 0.3 is 0 Å². The van der Waals surface area contributed by atoms with Crippen molar-refractivity contribution in [3.63, 3.8) is 0 Å². The largest absolute Gasteiger partial charge is 0.369 e. The second-order valence-electron chi connectivity index (χ2n) is 5.50. The molecule has 0 amide bonds. The number of nitrogens with one attached hydrogen (secondary N) is 1. The Balaban J connectivity index is 1.66. The molecule has 1 aliphatic heterocycles. The molecule has 2 aromatic carbocycles. The molecule has 0 unspecified atom stereocenters. The predicted molar refractivity (Wildman–Crippen MR) is 87.4 cm³/mol. The van der Waals surface area contributed by atoms with Gasteiger partial charge in [0.25, 0.3) is 5.69 Å². The molecule has 0 radical (unpaired) electrons. The Hall–Kier alpha value is -2.40.